The van der Waals surface area contributed by atoms with Gasteiger partial charge in [-0.05, 0) is 0 Å². The number of carbonyl (C=O) groups is 1. The molecule has 0 spiro atoms. The second kappa shape index (κ2) is 5.17. The van der Waals surface area contributed by atoms with Gasteiger partial charge in [0.15, 0.2) is 0 Å². The fraction of sp³-hybridized carbons (Fsp3) is 0.0714. The predicted octanol–water partition coefficient (Wildman–Crippen LogP) is 2.66. The van der Waals surface area contributed by atoms with Gasteiger partial charge in [-0.15, -0.1) is 0 Å². The maximum absolute atomic E-state index is 11.8. The van der Waals surface area contributed by atoms with Gasteiger partial charge >= 0.3 is 104 Å². The van der Waals surface area contributed by atoms with Gasteiger partial charge in [0.25, 0.3) is 0 Å². The number of aryl methyl sites for hydroxylation is 1. The van der Waals surface area contributed by atoms with E-state index in [-0.39, 0.29) is 0 Å². The van der Waals surface area contributed by atoms with Gasteiger partial charge in [0.2, 0.25) is 0 Å². The minimum absolute atomic E-state index is 0.748. The van der Waals surface area contributed by atoms with Crippen LogP contribution >= 0.6 is 0 Å². The van der Waals surface area contributed by atoms with Crippen molar-refractivity contribution >= 4 is 30.7 Å². The Balaban J connectivity index is 2.50. The number of hydrogen-bond acceptors (Lipinski definition) is 2. The second-order valence-corrected chi connectivity index (χ2v) is 6.48. The van der Waals surface area contributed by atoms with Crippen LogP contribution < -0.4 is 0 Å². The normalized spacial score (nSPS) is 18.6. The van der Waals surface area contributed by atoms with E-state index in [1.165, 1.54) is 6.08 Å². The Kier molecular flexibility index (Phi) is 3.62. The Labute approximate surface area is 104 Å². The summed E-state index contributed by atoms with van der Waals surface area (Å²) >= 11 is -2.02. The standard InChI is InChI=1S/C14H12O2Se/c1-11-6-7-13(12(10-11)4-2-8-15)14-5-3-9-17(14)16/h2-10H,1H3. The molecule has 1 aromatic carbocycles. The van der Waals surface area contributed by atoms with Crippen molar-refractivity contribution in [1.29, 1.82) is 0 Å². The van der Waals surface area contributed by atoms with Crippen LogP contribution in [-0.4, -0.2) is 20.1 Å². The second-order valence-electron chi connectivity index (χ2n) is 3.74. The first-order valence-electron chi connectivity index (χ1n) is 5.24. The molecule has 0 aliphatic carbocycles. The minimum atomic E-state index is -2.02. The van der Waals surface area contributed by atoms with Crippen molar-refractivity contribution in [2.24, 2.45) is 0 Å². The molecular formula is C14H12O2Se. The molecule has 1 aromatic rings. The third-order valence-electron chi connectivity index (χ3n) is 2.49. The first kappa shape index (κ1) is 11.9. The van der Waals surface area contributed by atoms with Gasteiger partial charge in [-0.2, -0.15) is 0 Å². The van der Waals surface area contributed by atoms with Gasteiger partial charge in [-0.3, -0.25) is 0 Å². The summed E-state index contributed by atoms with van der Waals surface area (Å²) in [6, 6.07) is 5.95. The van der Waals surface area contributed by atoms with Crippen molar-refractivity contribution in [3.05, 3.63) is 58.1 Å². The monoisotopic (exact) mass is 292 g/mol. The number of allylic oxidation sites excluding steroid dienone is 3. The quantitative estimate of drug-likeness (QED) is 0.487. The van der Waals surface area contributed by atoms with Gasteiger partial charge in [-0.1, -0.05) is 0 Å². The van der Waals surface area contributed by atoms with Gasteiger partial charge in [0.05, 0.1) is 0 Å². The van der Waals surface area contributed by atoms with Crippen LogP contribution in [0.5, 0.6) is 0 Å². The fourth-order valence-corrected chi connectivity index (χ4v) is 3.79. The van der Waals surface area contributed by atoms with Crippen LogP contribution in [0.3, 0.4) is 0 Å². The molecule has 0 fully saturated rings. The van der Waals surface area contributed by atoms with E-state index in [0.29, 0.717) is 0 Å². The Morgan fingerprint density at radius 2 is 2.12 bits per heavy atom. The zero-order chi connectivity index (χ0) is 12.3. The molecule has 86 valence electrons. The Hall–Kier alpha value is -1.57. The molecule has 0 saturated heterocycles. The number of rotatable bonds is 3. The Morgan fingerprint density at radius 3 is 2.76 bits per heavy atom. The molecule has 0 saturated carbocycles. The molecule has 1 heterocycles. The number of aldehydes is 1. The third kappa shape index (κ3) is 2.57. The van der Waals surface area contributed by atoms with E-state index in [9.17, 15) is 8.63 Å². The molecule has 2 rings (SSSR count). The van der Waals surface area contributed by atoms with Gasteiger partial charge in [0, 0.05) is 0 Å². The Bertz CT molecular complexity index is 566. The van der Waals surface area contributed by atoms with E-state index in [1.807, 2.05) is 37.3 Å². The topological polar surface area (TPSA) is 34.1 Å². The van der Waals surface area contributed by atoms with Crippen molar-refractivity contribution in [3.63, 3.8) is 0 Å². The van der Waals surface area contributed by atoms with Crippen LogP contribution in [0.2, 0.25) is 0 Å². The maximum atomic E-state index is 11.8. The van der Waals surface area contributed by atoms with Crippen LogP contribution in [0.1, 0.15) is 16.7 Å². The average Bonchev–Trinajstić information content (AvgIpc) is 2.73. The van der Waals surface area contributed by atoms with Gasteiger partial charge in [0.1, 0.15) is 0 Å². The molecule has 1 atom stereocenters. The van der Waals surface area contributed by atoms with Crippen LogP contribution in [0.25, 0.3) is 10.5 Å². The van der Waals surface area contributed by atoms with Gasteiger partial charge < -0.3 is 0 Å². The predicted molar refractivity (Wildman–Crippen MR) is 69.8 cm³/mol. The zero-order valence-corrected chi connectivity index (χ0v) is 11.1. The molecular weight excluding hydrogens is 279 g/mol. The van der Waals surface area contributed by atoms with E-state index >= 15 is 0 Å². The summed E-state index contributed by atoms with van der Waals surface area (Å²) < 4.78 is 12.7. The molecule has 0 amide bonds. The first-order valence-corrected chi connectivity index (χ1v) is 7.79. The van der Waals surface area contributed by atoms with E-state index in [0.717, 1.165) is 27.4 Å². The van der Waals surface area contributed by atoms with Gasteiger partial charge in [-0.25, -0.2) is 0 Å². The molecule has 0 N–H and O–H groups in total. The van der Waals surface area contributed by atoms with E-state index in [4.69, 9.17) is 0 Å². The van der Waals surface area contributed by atoms with E-state index in [1.54, 1.807) is 11.1 Å². The summed E-state index contributed by atoms with van der Waals surface area (Å²) in [6.45, 7) is 1.99. The molecule has 1 unspecified atom stereocenters. The molecule has 0 bridgehead atoms. The number of carbonyl (C=O) groups excluding carboxylic acids is 1. The molecule has 0 aromatic heterocycles. The van der Waals surface area contributed by atoms with Crippen molar-refractivity contribution in [3.8, 4) is 0 Å². The summed E-state index contributed by atoms with van der Waals surface area (Å²) in [5, 5.41) is 0. The van der Waals surface area contributed by atoms with Crippen molar-refractivity contribution in [1.82, 2.24) is 0 Å². The number of benzene rings is 1. The summed E-state index contributed by atoms with van der Waals surface area (Å²) in [6.07, 6.45) is 7.69. The first-order chi connectivity index (χ1) is 8.22. The summed E-state index contributed by atoms with van der Waals surface area (Å²) in [7, 11) is 0. The third-order valence-corrected chi connectivity index (χ3v) is 5.00. The van der Waals surface area contributed by atoms with E-state index < -0.39 is 13.8 Å². The van der Waals surface area contributed by atoms with Crippen LogP contribution in [0, 0.1) is 6.92 Å². The van der Waals surface area contributed by atoms with Crippen molar-refractivity contribution in [2.75, 3.05) is 0 Å². The summed E-state index contributed by atoms with van der Waals surface area (Å²) in [5.74, 6) is 0. The molecule has 1 aliphatic rings. The zero-order valence-electron chi connectivity index (χ0n) is 9.42. The van der Waals surface area contributed by atoms with Crippen LogP contribution in [0.4, 0.5) is 0 Å². The average molecular weight is 291 g/mol. The molecule has 3 heteroatoms. The summed E-state index contributed by atoms with van der Waals surface area (Å²) in [4.78, 5) is 12.1. The van der Waals surface area contributed by atoms with Crippen LogP contribution in [-0.2, 0) is 8.63 Å². The molecule has 17 heavy (non-hydrogen) atoms. The summed E-state index contributed by atoms with van der Waals surface area (Å²) in [5.41, 5.74) is 3.02. The van der Waals surface area contributed by atoms with Crippen LogP contribution in [0.15, 0.2) is 41.4 Å². The van der Waals surface area contributed by atoms with E-state index in [2.05, 4.69) is 0 Å². The SMILES string of the molecule is Cc1ccc(C2=CC=C[Se]2=O)c(C=CC=O)c1. The fourth-order valence-electron chi connectivity index (χ4n) is 1.72. The molecule has 2 nitrogen and oxygen atoms in total. The van der Waals surface area contributed by atoms with Crippen molar-refractivity contribution < 1.29 is 8.63 Å². The molecule has 0 radical (unpaired) electrons. The molecule has 1 aliphatic heterocycles. The Morgan fingerprint density at radius 1 is 1.29 bits per heavy atom. The number of hydrogen-bond donors (Lipinski definition) is 0. The van der Waals surface area contributed by atoms with Crippen molar-refractivity contribution in [2.45, 2.75) is 6.92 Å².